The number of aliphatic hydroxyl groups is 1. The van der Waals surface area contributed by atoms with Crippen LogP contribution in [0.2, 0.25) is 5.02 Å². The summed E-state index contributed by atoms with van der Waals surface area (Å²) in [6, 6.07) is 9.41. The molecule has 2 aromatic carbocycles. The highest BCUT2D eigenvalue weighted by molar-refractivity contribution is 7.21. The summed E-state index contributed by atoms with van der Waals surface area (Å²) in [5, 5.41) is 19.9. The first-order valence-corrected chi connectivity index (χ1v) is 13.7. The van der Waals surface area contributed by atoms with Crippen LogP contribution in [0.25, 0.3) is 10.1 Å². The molecule has 2 atom stereocenters. The Morgan fingerprint density at radius 1 is 1.27 bits per heavy atom. The second-order valence-corrected chi connectivity index (χ2v) is 11.3. The highest BCUT2D eigenvalue weighted by Gasteiger charge is 2.32. The van der Waals surface area contributed by atoms with Crippen LogP contribution >= 0.6 is 22.9 Å². The van der Waals surface area contributed by atoms with Crippen molar-refractivity contribution in [3.63, 3.8) is 0 Å². The second kappa shape index (κ2) is 10.2. The molecule has 3 aromatic rings. The van der Waals surface area contributed by atoms with Crippen molar-refractivity contribution >= 4 is 44.6 Å². The van der Waals surface area contributed by atoms with Gasteiger partial charge in [-0.15, -0.1) is 11.3 Å². The molecule has 2 fully saturated rings. The number of amides is 1. The molecule has 0 unspecified atom stereocenters. The molecule has 0 radical (unpaired) electrons. The molecule has 7 nitrogen and oxygen atoms in total. The van der Waals surface area contributed by atoms with E-state index in [2.05, 4.69) is 15.4 Å². The van der Waals surface area contributed by atoms with E-state index in [-0.39, 0.29) is 24.2 Å². The fraction of sp³-hybridized carbons (Fsp3) is 0.407. The van der Waals surface area contributed by atoms with Gasteiger partial charge in [-0.2, -0.15) is 0 Å². The summed E-state index contributed by atoms with van der Waals surface area (Å²) in [5.74, 6) is -0.783. The number of thiophene rings is 1. The molecule has 1 aliphatic carbocycles. The standard InChI is InChI=1S/C27H27ClFN3O4S/c28-16-4-7-18-19-14-35-31-24(26(19)37-23(18)12-16)27(34)30-21(13-32-9-1-2-10-32)25(33)15-3-8-22(20(29)11-15)36-17-5-6-17/h3-4,7-8,11-12,17,21,25,33H,1-2,5-6,9-10,13-14H2,(H,30,34)/t21-,25-/m1/s1. The number of benzene rings is 2. The van der Waals surface area contributed by atoms with Crippen LogP contribution in [-0.4, -0.2) is 53.4 Å². The summed E-state index contributed by atoms with van der Waals surface area (Å²) in [6.45, 7) is 2.46. The normalized spacial score (nSPS) is 19.2. The van der Waals surface area contributed by atoms with Gasteiger partial charge in [0.25, 0.3) is 5.91 Å². The minimum atomic E-state index is -1.13. The van der Waals surface area contributed by atoms with E-state index in [9.17, 15) is 14.3 Å². The Bertz CT molecular complexity index is 1370. The maximum absolute atomic E-state index is 14.7. The molecule has 2 N–H and O–H groups in total. The third kappa shape index (κ3) is 5.18. The summed E-state index contributed by atoms with van der Waals surface area (Å²) in [6.07, 6.45) is 2.92. The first-order valence-electron chi connectivity index (χ1n) is 12.5. The Morgan fingerprint density at radius 2 is 2.08 bits per heavy atom. The van der Waals surface area contributed by atoms with Gasteiger partial charge in [0.15, 0.2) is 17.3 Å². The molecule has 194 valence electrons. The van der Waals surface area contributed by atoms with Crippen molar-refractivity contribution in [2.45, 2.75) is 50.5 Å². The van der Waals surface area contributed by atoms with Gasteiger partial charge in [0, 0.05) is 21.8 Å². The van der Waals surface area contributed by atoms with Gasteiger partial charge in [-0.1, -0.05) is 28.9 Å². The largest absolute Gasteiger partial charge is 0.487 e. The van der Waals surface area contributed by atoms with Crippen molar-refractivity contribution in [1.29, 1.82) is 0 Å². The molecule has 2 aliphatic heterocycles. The van der Waals surface area contributed by atoms with Gasteiger partial charge in [-0.05, 0) is 74.0 Å². The number of nitrogens with zero attached hydrogens (tertiary/aromatic N) is 2. The SMILES string of the molecule is O=C(N[C@H](CN1CCCC1)[C@H](O)c1ccc(OC2CC2)c(F)c1)C1=NOCc2c1sc1cc(Cl)ccc21. The van der Waals surface area contributed by atoms with E-state index in [0.717, 1.165) is 59.3 Å². The lowest BCUT2D eigenvalue weighted by Crippen LogP contribution is -2.49. The van der Waals surface area contributed by atoms with E-state index >= 15 is 0 Å². The minimum absolute atomic E-state index is 0.0702. The lowest BCUT2D eigenvalue weighted by molar-refractivity contribution is -0.116. The zero-order valence-electron chi connectivity index (χ0n) is 20.1. The van der Waals surface area contributed by atoms with E-state index in [1.54, 1.807) is 12.1 Å². The first-order chi connectivity index (χ1) is 18.0. The lowest BCUT2D eigenvalue weighted by Gasteiger charge is -2.29. The van der Waals surface area contributed by atoms with Gasteiger partial charge in [0.1, 0.15) is 12.7 Å². The number of oxime groups is 1. The quantitative estimate of drug-likeness (QED) is 0.427. The Balaban J connectivity index is 1.25. The van der Waals surface area contributed by atoms with E-state index < -0.39 is 23.9 Å². The Labute approximate surface area is 222 Å². The number of likely N-dealkylation sites (tertiary alicyclic amines) is 1. The van der Waals surface area contributed by atoms with Gasteiger partial charge in [-0.3, -0.25) is 4.79 Å². The summed E-state index contributed by atoms with van der Waals surface area (Å²) >= 11 is 7.61. The van der Waals surface area contributed by atoms with E-state index in [0.29, 0.717) is 17.1 Å². The van der Waals surface area contributed by atoms with Crippen LogP contribution in [0.3, 0.4) is 0 Å². The van der Waals surface area contributed by atoms with Crippen LogP contribution in [0.5, 0.6) is 5.75 Å². The molecule has 0 bridgehead atoms. The average molecular weight is 544 g/mol. The number of halogens is 2. The molecule has 1 amide bonds. The van der Waals surface area contributed by atoms with Crippen LogP contribution in [0.15, 0.2) is 41.6 Å². The number of hydrogen-bond donors (Lipinski definition) is 2. The predicted octanol–water partition coefficient (Wildman–Crippen LogP) is 4.78. The van der Waals surface area contributed by atoms with Crippen LogP contribution in [0, 0.1) is 5.82 Å². The van der Waals surface area contributed by atoms with Crippen molar-refractivity contribution in [3.8, 4) is 5.75 Å². The van der Waals surface area contributed by atoms with E-state index in [4.69, 9.17) is 21.2 Å². The molecular weight excluding hydrogens is 517 g/mol. The molecule has 3 aliphatic rings. The van der Waals surface area contributed by atoms with Gasteiger partial charge in [-0.25, -0.2) is 4.39 Å². The predicted molar refractivity (Wildman–Crippen MR) is 141 cm³/mol. The van der Waals surface area contributed by atoms with Gasteiger partial charge >= 0.3 is 0 Å². The molecule has 0 spiro atoms. The third-order valence-electron chi connectivity index (χ3n) is 7.02. The Kier molecular flexibility index (Phi) is 6.79. The summed E-state index contributed by atoms with van der Waals surface area (Å²) < 4.78 is 21.3. The highest BCUT2D eigenvalue weighted by Crippen LogP contribution is 2.36. The smallest absolute Gasteiger partial charge is 0.275 e. The number of ether oxygens (including phenoxy) is 1. The molecular formula is C27H27ClFN3O4S. The number of rotatable bonds is 8. The number of hydrogen-bond acceptors (Lipinski definition) is 7. The molecule has 1 saturated carbocycles. The van der Waals surface area contributed by atoms with Gasteiger partial charge in [0.2, 0.25) is 0 Å². The van der Waals surface area contributed by atoms with Crippen LogP contribution in [0.1, 0.15) is 47.8 Å². The summed E-state index contributed by atoms with van der Waals surface area (Å²) in [4.78, 5) is 21.8. The monoisotopic (exact) mass is 543 g/mol. The molecule has 6 rings (SSSR count). The number of carbonyl (C=O) groups excluding carboxylic acids is 1. The maximum atomic E-state index is 14.7. The zero-order valence-corrected chi connectivity index (χ0v) is 21.7. The van der Waals surface area contributed by atoms with Crippen molar-refractivity contribution < 1.29 is 23.9 Å². The van der Waals surface area contributed by atoms with Crippen LogP contribution < -0.4 is 10.1 Å². The van der Waals surface area contributed by atoms with Crippen molar-refractivity contribution in [1.82, 2.24) is 10.2 Å². The average Bonchev–Trinajstić information content (AvgIpc) is 3.41. The first kappa shape index (κ1) is 24.6. The molecule has 3 heterocycles. The van der Waals surface area contributed by atoms with Crippen LogP contribution in [0.4, 0.5) is 4.39 Å². The topological polar surface area (TPSA) is 83.4 Å². The number of aliphatic hydroxyl groups excluding tert-OH is 1. The fourth-order valence-corrected chi connectivity index (χ4v) is 6.37. The van der Waals surface area contributed by atoms with E-state index in [1.165, 1.54) is 17.4 Å². The van der Waals surface area contributed by atoms with Crippen molar-refractivity contribution in [3.05, 3.63) is 63.2 Å². The number of fused-ring (bicyclic) bond motifs is 3. The molecule has 1 aromatic heterocycles. The fourth-order valence-electron chi connectivity index (χ4n) is 4.90. The second-order valence-electron chi connectivity index (χ2n) is 9.80. The molecule has 1 saturated heterocycles. The maximum Gasteiger partial charge on any atom is 0.275 e. The Morgan fingerprint density at radius 3 is 2.84 bits per heavy atom. The van der Waals surface area contributed by atoms with Crippen molar-refractivity contribution in [2.75, 3.05) is 19.6 Å². The van der Waals surface area contributed by atoms with Gasteiger partial charge < -0.3 is 24.9 Å². The third-order valence-corrected chi connectivity index (χ3v) is 8.45. The number of nitrogens with one attached hydrogen (secondary N) is 1. The zero-order chi connectivity index (χ0) is 25.5. The summed E-state index contributed by atoms with van der Waals surface area (Å²) in [5.41, 5.74) is 1.43. The lowest BCUT2D eigenvalue weighted by atomic mass is 10.0. The highest BCUT2D eigenvalue weighted by atomic mass is 35.5. The van der Waals surface area contributed by atoms with Crippen LogP contribution in [-0.2, 0) is 16.2 Å². The van der Waals surface area contributed by atoms with Gasteiger partial charge in [0.05, 0.1) is 17.0 Å². The Hall–Kier alpha value is -2.72. The molecule has 37 heavy (non-hydrogen) atoms. The van der Waals surface area contributed by atoms with Crippen molar-refractivity contribution in [2.24, 2.45) is 5.16 Å². The minimum Gasteiger partial charge on any atom is -0.487 e. The summed E-state index contributed by atoms with van der Waals surface area (Å²) in [7, 11) is 0. The number of carbonyl (C=O) groups is 1. The molecule has 10 heteroatoms. The van der Waals surface area contributed by atoms with E-state index in [1.807, 2.05) is 18.2 Å².